The molecule has 0 amide bonds. The number of nitrogens with one attached hydrogen (secondary N) is 1. The third-order valence-electron chi connectivity index (χ3n) is 3.60. The first kappa shape index (κ1) is 14.1. The molecule has 1 saturated heterocycles. The van der Waals surface area contributed by atoms with Crippen LogP contribution < -0.4 is 10.2 Å². The summed E-state index contributed by atoms with van der Waals surface area (Å²) in [6, 6.07) is 7.78. The van der Waals surface area contributed by atoms with Gasteiger partial charge < -0.3 is 10.2 Å². The third kappa shape index (κ3) is 3.61. The SMILES string of the molecule is Clc1ccccc1CNc1cnnc(N2CCCCC2)n1. The largest absolute Gasteiger partial charge is 0.364 e. The van der Waals surface area contributed by atoms with Gasteiger partial charge in [-0.25, -0.2) is 0 Å². The Morgan fingerprint density at radius 3 is 2.76 bits per heavy atom. The minimum Gasteiger partial charge on any atom is -0.364 e. The molecule has 2 aromatic rings. The Labute approximate surface area is 129 Å². The lowest BCUT2D eigenvalue weighted by atomic mass is 10.1. The van der Waals surface area contributed by atoms with Crippen molar-refractivity contribution in [2.24, 2.45) is 0 Å². The van der Waals surface area contributed by atoms with Gasteiger partial charge in [-0.2, -0.15) is 10.1 Å². The van der Waals surface area contributed by atoms with Gasteiger partial charge in [0.1, 0.15) is 0 Å². The summed E-state index contributed by atoms with van der Waals surface area (Å²) in [6.07, 6.45) is 5.32. The summed E-state index contributed by atoms with van der Waals surface area (Å²) in [5.41, 5.74) is 1.04. The van der Waals surface area contributed by atoms with E-state index in [9.17, 15) is 0 Å². The van der Waals surface area contributed by atoms with Crippen molar-refractivity contribution in [1.29, 1.82) is 0 Å². The van der Waals surface area contributed by atoms with Crippen LogP contribution in [0.5, 0.6) is 0 Å². The van der Waals surface area contributed by atoms with Crippen LogP contribution in [-0.4, -0.2) is 28.3 Å². The van der Waals surface area contributed by atoms with E-state index in [0.717, 1.165) is 29.5 Å². The molecule has 0 spiro atoms. The van der Waals surface area contributed by atoms with Gasteiger partial charge in [-0.15, -0.1) is 5.10 Å². The zero-order valence-electron chi connectivity index (χ0n) is 11.8. The summed E-state index contributed by atoms with van der Waals surface area (Å²) < 4.78 is 0. The Balaban J connectivity index is 1.67. The molecule has 21 heavy (non-hydrogen) atoms. The molecule has 110 valence electrons. The van der Waals surface area contributed by atoms with Crippen molar-refractivity contribution < 1.29 is 0 Å². The van der Waals surface area contributed by atoms with Crippen molar-refractivity contribution >= 4 is 23.4 Å². The fourth-order valence-electron chi connectivity index (χ4n) is 2.43. The molecule has 1 aromatic carbocycles. The highest BCUT2D eigenvalue weighted by Crippen LogP contribution is 2.18. The first-order valence-corrected chi connectivity index (χ1v) is 7.63. The van der Waals surface area contributed by atoms with E-state index in [2.05, 4.69) is 25.4 Å². The molecule has 6 heteroatoms. The van der Waals surface area contributed by atoms with Gasteiger partial charge in [0.2, 0.25) is 5.95 Å². The van der Waals surface area contributed by atoms with Crippen molar-refractivity contribution in [2.45, 2.75) is 25.8 Å². The predicted molar refractivity (Wildman–Crippen MR) is 84.7 cm³/mol. The normalized spacial score (nSPS) is 15.0. The standard InChI is InChI=1S/C15H18ClN5/c16-13-7-3-2-6-12(13)10-17-14-11-18-20-15(19-14)21-8-4-1-5-9-21/h2-3,6-7,11H,1,4-5,8-10H2,(H,17,19,20). The average Bonchev–Trinajstić information content (AvgIpc) is 2.55. The summed E-state index contributed by atoms with van der Waals surface area (Å²) in [5, 5.41) is 12.2. The first-order chi connectivity index (χ1) is 10.3. The fraction of sp³-hybridized carbons (Fsp3) is 0.400. The highest BCUT2D eigenvalue weighted by Gasteiger charge is 2.14. The van der Waals surface area contributed by atoms with Crippen molar-refractivity contribution in [3.05, 3.63) is 41.0 Å². The molecule has 0 radical (unpaired) electrons. The molecule has 0 atom stereocenters. The van der Waals surface area contributed by atoms with E-state index in [4.69, 9.17) is 11.6 Å². The van der Waals surface area contributed by atoms with Crippen molar-refractivity contribution in [3.63, 3.8) is 0 Å². The third-order valence-corrected chi connectivity index (χ3v) is 3.97. The molecular weight excluding hydrogens is 286 g/mol. The summed E-state index contributed by atoms with van der Waals surface area (Å²) >= 11 is 6.15. The summed E-state index contributed by atoms with van der Waals surface area (Å²) in [5.74, 6) is 1.43. The molecular formula is C15H18ClN5. The zero-order valence-corrected chi connectivity index (χ0v) is 12.6. The smallest absolute Gasteiger partial charge is 0.247 e. The second kappa shape index (κ2) is 6.72. The number of halogens is 1. The van der Waals surface area contributed by atoms with E-state index in [0.29, 0.717) is 12.5 Å². The lowest BCUT2D eigenvalue weighted by Gasteiger charge is -2.26. The molecule has 1 N–H and O–H groups in total. The highest BCUT2D eigenvalue weighted by molar-refractivity contribution is 6.31. The quantitative estimate of drug-likeness (QED) is 0.940. The maximum atomic E-state index is 6.15. The molecule has 1 fully saturated rings. The average molecular weight is 304 g/mol. The maximum absolute atomic E-state index is 6.15. The number of piperidine rings is 1. The Hall–Kier alpha value is -1.88. The van der Waals surface area contributed by atoms with Gasteiger partial charge in [-0.05, 0) is 30.9 Å². The van der Waals surface area contributed by atoms with Crippen LogP contribution in [0.4, 0.5) is 11.8 Å². The number of anilines is 2. The van der Waals surface area contributed by atoms with Crippen LogP contribution in [0.15, 0.2) is 30.5 Å². The lowest BCUT2D eigenvalue weighted by Crippen LogP contribution is -2.31. The topological polar surface area (TPSA) is 53.9 Å². The second-order valence-electron chi connectivity index (χ2n) is 5.13. The summed E-state index contributed by atoms with van der Waals surface area (Å²) in [7, 11) is 0. The van der Waals surface area contributed by atoms with Crippen LogP contribution in [0.25, 0.3) is 0 Å². The van der Waals surface area contributed by atoms with E-state index in [1.807, 2.05) is 24.3 Å². The number of rotatable bonds is 4. The van der Waals surface area contributed by atoms with E-state index in [1.165, 1.54) is 19.3 Å². The maximum Gasteiger partial charge on any atom is 0.247 e. The monoisotopic (exact) mass is 303 g/mol. The minimum atomic E-state index is 0.623. The van der Waals surface area contributed by atoms with Crippen molar-refractivity contribution in [1.82, 2.24) is 15.2 Å². The Morgan fingerprint density at radius 1 is 1.14 bits per heavy atom. The molecule has 0 saturated carbocycles. The van der Waals surface area contributed by atoms with Gasteiger partial charge in [0.05, 0.1) is 6.20 Å². The van der Waals surface area contributed by atoms with Gasteiger partial charge in [0.15, 0.2) is 5.82 Å². The van der Waals surface area contributed by atoms with Gasteiger partial charge >= 0.3 is 0 Å². The van der Waals surface area contributed by atoms with E-state index in [1.54, 1.807) is 6.20 Å². The van der Waals surface area contributed by atoms with Gasteiger partial charge in [0, 0.05) is 24.7 Å². The number of aromatic nitrogens is 3. The summed E-state index contributed by atoms with van der Waals surface area (Å²) in [6.45, 7) is 2.64. The second-order valence-corrected chi connectivity index (χ2v) is 5.54. The minimum absolute atomic E-state index is 0.623. The van der Waals surface area contributed by atoms with Gasteiger partial charge in [-0.3, -0.25) is 0 Å². The van der Waals surface area contributed by atoms with Crippen LogP contribution >= 0.6 is 11.6 Å². The van der Waals surface area contributed by atoms with Crippen molar-refractivity contribution in [3.8, 4) is 0 Å². The number of hydrogen-bond acceptors (Lipinski definition) is 5. The van der Waals surface area contributed by atoms with Crippen LogP contribution in [-0.2, 0) is 6.54 Å². The zero-order chi connectivity index (χ0) is 14.5. The number of benzene rings is 1. The Kier molecular flexibility index (Phi) is 4.50. The number of nitrogens with zero attached hydrogens (tertiary/aromatic N) is 4. The Morgan fingerprint density at radius 2 is 1.95 bits per heavy atom. The van der Waals surface area contributed by atoms with Crippen LogP contribution in [0.1, 0.15) is 24.8 Å². The van der Waals surface area contributed by atoms with Crippen LogP contribution in [0.2, 0.25) is 5.02 Å². The summed E-state index contributed by atoms with van der Waals surface area (Å²) in [4.78, 5) is 6.73. The highest BCUT2D eigenvalue weighted by atomic mass is 35.5. The fourth-order valence-corrected chi connectivity index (χ4v) is 2.64. The first-order valence-electron chi connectivity index (χ1n) is 7.25. The predicted octanol–water partition coefficient (Wildman–Crippen LogP) is 3.13. The van der Waals surface area contributed by atoms with Gasteiger partial charge in [0.25, 0.3) is 0 Å². The lowest BCUT2D eigenvalue weighted by molar-refractivity contribution is 0.565. The van der Waals surface area contributed by atoms with Gasteiger partial charge in [-0.1, -0.05) is 29.8 Å². The molecule has 1 aliphatic heterocycles. The van der Waals surface area contributed by atoms with Crippen LogP contribution in [0, 0.1) is 0 Å². The molecule has 1 aromatic heterocycles. The Bertz CT molecular complexity index is 598. The molecule has 0 bridgehead atoms. The molecule has 0 unspecified atom stereocenters. The molecule has 1 aliphatic rings. The van der Waals surface area contributed by atoms with Crippen molar-refractivity contribution in [2.75, 3.05) is 23.3 Å². The molecule has 0 aliphatic carbocycles. The molecule has 5 nitrogen and oxygen atoms in total. The molecule has 2 heterocycles. The van der Waals surface area contributed by atoms with E-state index in [-0.39, 0.29) is 0 Å². The molecule has 3 rings (SSSR count). The van der Waals surface area contributed by atoms with E-state index < -0.39 is 0 Å². The van der Waals surface area contributed by atoms with Crippen LogP contribution in [0.3, 0.4) is 0 Å². The van der Waals surface area contributed by atoms with E-state index >= 15 is 0 Å². The number of hydrogen-bond donors (Lipinski definition) is 1.